The number of nitrogens with one attached hydrogen (secondary N) is 3. The van der Waals surface area contributed by atoms with Crippen LogP contribution in [0.1, 0.15) is 44.1 Å². The Morgan fingerprint density at radius 3 is 2.87 bits per heavy atom. The predicted octanol–water partition coefficient (Wildman–Crippen LogP) is 2.88. The lowest BCUT2D eigenvalue weighted by molar-refractivity contribution is -0.123. The lowest BCUT2D eigenvalue weighted by Crippen LogP contribution is -2.42. The van der Waals surface area contributed by atoms with Gasteiger partial charge in [0, 0.05) is 24.0 Å². The molecule has 0 bridgehead atoms. The molecule has 0 radical (unpaired) electrons. The van der Waals surface area contributed by atoms with Crippen molar-refractivity contribution in [3.63, 3.8) is 0 Å². The van der Waals surface area contributed by atoms with Crippen LogP contribution in [0.2, 0.25) is 5.02 Å². The maximum absolute atomic E-state index is 13.1. The first-order valence-corrected chi connectivity index (χ1v) is 10.6. The zero-order valence-electron chi connectivity index (χ0n) is 17.3. The minimum absolute atomic E-state index is 0.131. The molecule has 2 aromatic rings. The van der Waals surface area contributed by atoms with Crippen LogP contribution < -0.4 is 25.8 Å². The Hall–Kier alpha value is -3.07. The number of aromatic amines is 1. The third-order valence-electron chi connectivity index (χ3n) is 5.75. The highest BCUT2D eigenvalue weighted by Crippen LogP contribution is 2.33. The van der Waals surface area contributed by atoms with E-state index in [2.05, 4.69) is 27.5 Å². The highest BCUT2D eigenvalue weighted by molar-refractivity contribution is 6.31. The van der Waals surface area contributed by atoms with Crippen LogP contribution in [0.25, 0.3) is 0 Å². The summed E-state index contributed by atoms with van der Waals surface area (Å²) in [7, 11) is 1.47. The van der Waals surface area contributed by atoms with E-state index in [0.717, 1.165) is 25.8 Å². The van der Waals surface area contributed by atoms with Gasteiger partial charge in [-0.05, 0) is 44.4 Å². The van der Waals surface area contributed by atoms with E-state index >= 15 is 0 Å². The van der Waals surface area contributed by atoms with Crippen molar-refractivity contribution < 1.29 is 14.3 Å². The second-order valence-electron chi connectivity index (χ2n) is 7.83. The fraction of sp³-hybridized carbons (Fsp3) is 0.429. The summed E-state index contributed by atoms with van der Waals surface area (Å²) < 4.78 is 5.26. The molecule has 1 saturated heterocycles. The Bertz CT molecular complexity index is 1090. The van der Waals surface area contributed by atoms with E-state index < -0.39 is 17.4 Å². The van der Waals surface area contributed by atoms with Crippen LogP contribution in [0, 0.1) is 0 Å². The van der Waals surface area contributed by atoms with Gasteiger partial charge in [-0.2, -0.15) is 4.98 Å². The van der Waals surface area contributed by atoms with Crippen LogP contribution in [0.5, 0.6) is 5.75 Å². The van der Waals surface area contributed by atoms with Crippen molar-refractivity contribution in [2.45, 2.75) is 44.6 Å². The fourth-order valence-electron chi connectivity index (χ4n) is 4.13. The molecule has 4 rings (SSSR count). The molecule has 31 heavy (non-hydrogen) atoms. The maximum atomic E-state index is 13.1. The number of carbonyl (C=O) groups is 2. The number of rotatable bonds is 4. The van der Waals surface area contributed by atoms with Gasteiger partial charge in [-0.1, -0.05) is 11.6 Å². The minimum atomic E-state index is -0.989. The fourth-order valence-corrected chi connectivity index (χ4v) is 4.30. The number of amides is 2. The predicted molar refractivity (Wildman–Crippen MR) is 118 cm³/mol. The first kappa shape index (κ1) is 21.2. The number of hydrogen-bond donors (Lipinski definition) is 3. The molecule has 0 aliphatic carbocycles. The van der Waals surface area contributed by atoms with Crippen molar-refractivity contribution in [2.24, 2.45) is 0 Å². The highest BCUT2D eigenvalue weighted by Gasteiger charge is 2.36. The van der Waals surface area contributed by atoms with Crippen molar-refractivity contribution in [2.75, 3.05) is 29.2 Å². The number of halogens is 1. The van der Waals surface area contributed by atoms with Crippen molar-refractivity contribution in [1.82, 2.24) is 9.97 Å². The minimum Gasteiger partial charge on any atom is -0.495 e. The summed E-state index contributed by atoms with van der Waals surface area (Å²) in [5.74, 6) is -0.916. The average molecular weight is 446 g/mol. The molecule has 0 saturated carbocycles. The summed E-state index contributed by atoms with van der Waals surface area (Å²) in [6, 6.07) is 5.03. The number of aromatic nitrogens is 2. The monoisotopic (exact) mass is 445 g/mol. The van der Waals surface area contributed by atoms with E-state index in [-0.39, 0.29) is 29.8 Å². The molecule has 2 aliphatic rings. The third kappa shape index (κ3) is 4.23. The first-order valence-electron chi connectivity index (χ1n) is 10.2. The van der Waals surface area contributed by atoms with Gasteiger partial charge >= 0.3 is 0 Å². The van der Waals surface area contributed by atoms with Crippen molar-refractivity contribution >= 4 is 40.9 Å². The first-order chi connectivity index (χ1) is 14.9. The average Bonchev–Trinajstić information content (AvgIpc) is 2.73. The number of fused-ring (bicyclic) bond motifs is 1. The Morgan fingerprint density at radius 2 is 2.13 bits per heavy atom. The van der Waals surface area contributed by atoms with Gasteiger partial charge in [0.25, 0.3) is 5.56 Å². The summed E-state index contributed by atoms with van der Waals surface area (Å²) in [4.78, 5) is 47.7. The Labute approximate surface area is 184 Å². The van der Waals surface area contributed by atoms with Crippen LogP contribution in [0.15, 0.2) is 23.0 Å². The van der Waals surface area contributed by atoms with E-state index in [1.165, 1.54) is 7.11 Å². The zero-order valence-corrected chi connectivity index (χ0v) is 18.1. The molecule has 2 aliphatic heterocycles. The molecule has 10 heteroatoms. The van der Waals surface area contributed by atoms with Gasteiger partial charge in [-0.15, -0.1) is 0 Å². The number of benzene rings is 1. The second kappa shape index (κ2) is 8.58. The SMILES string of the molecule is COc1ccc(Cl)cc1NC(=O)[C@H]1CC(=O)Nc2nc(N3CCCC[C@H]3C)[nH]c(=O)c21. The molecule has 1 aromatic carbocycles. The molecule has 2 atom stereocenters. The molecule has 2 amide bonds. The molecule has 0 unspecified atom stereocenters. The van der Waals surface area contributed by atoms with Crippen LogP contribution in [-0.4, -0.2) is 41.5 Å². The summed E-state index contributed by atoms with van der Waals surface area (Å²) in [6.45, 7) is 2.85. The van der Waals surface area contributed by atoms with Crippen LogP contribution >= 0.6 is 11.6 Å². The summed E-state index contributed by atoms with van der Waals surface area (Å²) in [5, 5.41) is 5.79. The van der Waals surface area contributed by atoms with Crippen LogP contribution in [0.4, 0.5) is 17.5 Å². The Kier molecular flexibility index (Phi) is 5.86. The Morgan fingerprint density at radius 1 is 1.32 bits per heavy atom. The number of nitrogens with zero attached hydrogens (tertiary/aromatic N) is 2. The van der Waals surface area contributed by atoms with Gasteiger partial charge < -0.3 is 20.3 Å². The third-order valence-corrected chi connectivity index (χ3v) is 5.98. The van der Waals surface area contributed by atoms with E-state index in [1.807, 2.05) is 4.90 Å². The van der Waals surface area contributed by atoms with E-state index in [0.29, 0.717) is 22.4 Å². The number of hydrogen-bond acceptors (Lipinski definition) is 6. The lowest BCUT2D eigenvalue weighted by atomic mass is 9.92. The van der Waals surface area contributed by atoms with E-state index in [9.17, 15) is 14.4 Å². The largest absolute Gasteiger partial charge is 0.495 e. The molecular formula is C21H24ClN5O4. The van der Waals surface area contributed by atoms with Gasteiger partial charge in [0.15, 0.2) is 0 Å². The molecule has 0 spiro atoms. The summed E-state index contributed by atoms with van der Waals surface area (Å²) in [5.41, 5.74) is 0.0678. The number of anilines is 3. The number of carbonyl (C=O) groups excluding carboxylic acids is 2. The van der Waals surface area contributed by atoms with Gasteiger partial charge in [0.05, 0.1) is 24.3 Å². The molecule has 1 fully saturated rings. The lowest BCUT2D eigenvalue weighted by Gasteiger charge is -2.34. The van der Waals surface area contributed by atoms with E-state index in [1.54, 1.807) is 18.2 Å². The second-order valence-corrected chi connectivity index (χ2v) is 8.27. The topological polar surface area (TPSA) is 116 Å². The van der Waals surface area contributed by atoms with Gasteiger partial charge in [0.1, 0.15) is 11.6 Å². The number of ether oxygens (including phenoxy) is 1. The summed E-state index contributed by atoms with van der Waals surface area (Å²) in [6.07, 6.45) is 2.97. The molecule has 3 N–H and O–H groups in total. The van der Waals surface area contributed by atoms with E-state index in [4.69, 9.17) is 16.3 Å². The number of piperidine rings is 1. The number of methoxy groups -OCH3 is 1. The summed E-state index contributed by atoms with van der Waals surface area (Å²) >= 11 is 6.03. The molecular weight excluding hydrogens is 422 g/mol. The smallest absolute Gasteiger partial charge is 0.258 e. The van der Waals surface area contributed by atoms with Crippen molar-refractivity contribution in [1.29, 1.82) is 0 Å². The molecule has 164 valence electrons. The number of H-pyrrole nitrogens is 1. The molecule has 9 nitrogen and oxygen atoms in total. The van der Waals surface area contributed by atoms with Crippen molar-refractivity contribution in [3.05, 3.63) is 39.1 Å². The molecule has 1 aromatic heterocycles. The standard InChI is InChI=1S/C21H24ClN5O4/c1-11-5-3-4-8-27(11)21-25-18-17(20(30)26-21)13(10-16(28)24-18)19(29)23-14-9-12(22)6-7-15(14)31-2/h6-7,9,11,13H,3-5,8,10H2,1-2H3,(H,23,29)(H2,24,25,26,28,30)/t11-,13+/m1/s1. The maximum Gasteiger partial charge on any atom is 0.258 e. The van der Waals surface area contributed by atoms with Crippen LogP contribution in [-0.2, 0) is 9.59 Å². The molecule has 3 heterocycles. The Balaban J connectivity index is 1.67. The van der Waals surface area contributed by atoms with Gasteiger partial charge in [-0.3, -0.25) is 19.4 Å². The van der Waals surface area contributed by atoms with Gasteiger partial charge in [-0.25, -0.2) is 0 Å². The normalized spacial score (nSPS) is 20.6. The highest BCUT2D eigenvalue weighted by atomic mass is 35.5. The quantitative estimate of drug-likeness (QED) is 0.666. The van der Waals surface area contributed by atoms with Crippen LogP contribution in [0.3, 0.4) is 0 Å². The van der Waals surface area contributed by atoms with Crippen molar-refractivity contribution in [3.8, 4) is 5.75 Å². The van der Waals surface area contributed by atoms with Gasteiger partial charge in [0.2, 0.25) is 17.8 Å². The zero-order chi connectivity index (χ0) is 22.1.